The van der Waals surface area contributed by atoms with Crippen LogP contribution in [-0.2, 0) is 0 Å². The molecule has 0 unspecified atom stereocenters. The molecule has 2 rings (SSSR count). The minimum Gasteiger partial charge on any atom is -0.388 e. The van der Waals surface area contributed by atoms with Crippen molar-refractivity contribution in [2.75, 3.05) is 19.6 Å². The molecule has 110 valence electrons. The molecule has 1 aliphatic heterocycles. The predicted octanol–water partition coefficient (Wildman–Crippen LogP) is 2.66. The van der Waals surface area contributed by atoms with E-state index in [4.69, 9.17) is 0 Å². The number of amides is 2. The van der Waals surface area contributed by atoms with E-state index in [9.17, 15) is 9.90 Å². The molecule has 0 aromatic carbocycles. The first kappa shape index (κ1) is 14.6. The van der Waals surface area contributed by atoms with Crippen LogP contribution in [0.3, 0.4) is 0 Å². The maximum Gasteiger partial charge on any atom is 0.317 e. The molecule has 2 N–H and O–H groups in total. The van der Waals surface area contributed by atoms with Crippen molar-refractivity contribution in [2.24, 2.45) is 0 Å². The molecule has 1 aliphatic carbocycles. The van der Waals surface area contributed by atoms with Gasteiger partial charge in [0.15, 0.2) is 0 Å². The van der Waals surface area contributed by atoms with Gasteiger partial charge >= 0.3 is 6.03 Å². The molecule has 19 heavy (non-hydrogen) atoms. The first-order chi connectivity index (χ1) is 9.20. The summed E-state index contributed by atoms with van der Waals surface area (Å²) >= 11 is 0. The van der Waals surface area contributed by atoms with Crippen LogP contribution in [0.15, 0.2) is 0 Å². The van der Waals surface area contributed by atoms with Crippen LogP contribution < -0.4 is 5.32 Å². The summed E-state index contributed by atoms with van der Waals surface area (Å²) < 4.78 is 0. The lowest BCUT2D eigenvalue weighted by molar-refractivity contribution is 0.0264. The Morgan fingerprint density at radius 2 is 1.47 bits per heavy atom. The normalized spacial score (nSPS) is 24.4. The van der Waals surface area contributed by atoms with E-state index in [-0.39, 0.29) is 6.03 Å². The van der Waals surface area contributed by atoms with Gasteiger partial charge in [0.2, 0.25) is 0 Å². The molecule has 0 aromatic heterocycles. The fourth-order valence-electron chi connectivity index (χ4n) is 3.19. The van der Waals surface area contributed by atoms with Crippen molar-refractivity contribution in [3.63, 3.8) is 0 Å². The standard InChI is InChI=1S/C15H28N2O2/c18-14(17-11-7-3-4-8-12-17)16-13-15(19)9-5-1-2-6-10-15/h19H,1-13H2,(H,16,18). The highest BCUT2D eigenvalue weighted by atomic mass is 16.3. The zero-order valence-electron chi connectivity index (χ0n) is 12.0. The number of hydrogen-bond acceptors (Lipinski definition) is 2. The molecule has 4 nitrogen and oxygen atoms in total. The molecule has 0 spiro atoms. The molecule has 1 saturated carbocycles. The van der Waals surface area contributed by atoms with Gasteiger partial charge in [-0.2, -0.15) is 0 Å². The number of urea groups is 1. The van der Waals surface area contributed by atoms with Crippen molar-refractivity contribution in [2.45, 2.75) is 69.8 Å². The first-order valence-electron chi connectivity index (χ1n) is 7.95. The summed E-state index contributed by atoms with van der Waals surface area (Å²) in [6, 6.07) is 0.0135. The smallest absolute Gasteiger partial charge is 0.317 e. The maximum atomic E-state index is 12.1. The number of nitrogens with one attached hydrogen (secondary N) is 1. The fraction of sp³-hybridized carbons (Fsp3) is 0.933. The van der Waals surface area contributed by atoms with Crippen molar-refractivity contribution in [3.8, 4) is 0 Å². The van der Waals surface area contributed by atoms with Crippen LogP contribution in [0.5, 0.6) is 0 Å². The predicted molar refractivity (Wildman–Crippen MR) is 76.1 cm³/mol. The van der Waals surface area contributed by atoms with Crippen LogP contribution in [0.1, 0.15) is 64.2 Å². The van der Waals surface area contributed by atoms with Crippen molar-refractivity contribution in [1.82, 2.24) is 10.2 Å². The van der Waals surface area contributed by atoms with Gasteiger partial charge in [-0.15, -0.1) is 0 Å². The average molecular weight is 268 g/mol. The lowest BCUT2D eigenvalue weighted by Crippen LogP contribution is -2.48. The number of carbonyl (C=O) groups is 1. The Balaban J connectivity index is 1.78. The van der Waals surface area contributed by atoms with Crippen molar-refractivity contribution in [3.05, 3.63) is 0 Å². The van der Waals surface area contributed by atoms with Crippen LogP contribution in [0.25, 0.3) is 0 Å². The molecule has 0 bridgehead atoms. The number of nitrogens with zero attached hydrogens (tertiary/aromatic N) is 1. The number of likely N-dealkylation sites (tertiary alicyclic amines) is 1. The summed E-state index contributed by atoms with van der Waals surface area (Å²) in [4.78, 5) is 14.0. The van der Waals surface area contributed by atoms with E-state index in [0.717, 1.165) is 51.6 Å². The number of hydrogen-bond donors (Lipinski definition) is 2. The van der Waals surface area contributed by atoms with E-state index >= 15 is 0 Å². The monoisotopic (exact) mass is 268 g/mol. The lowest BCUT2D eigenvalue weighted by atomic mass is 9.94. The van der Waals surface area contributed by atoms with Crippen molar-refractivity contribution < 1.29 is 9.90 Å². The van der Waals surface area contributed by atoms with Crippen LogP contribution in [0.4, 0.5) is 4.79 Å². The zero-order chi connectivity index (χ0) is 13.6. The number of carbonyl (C=O) groups excluding carboxylic acids is 1. The molecule has 2 aliphatic rings. The van der Waals surface area contributed by atoms with Gasteiger partial charge in [0.05, 0.1) is 5.60 Å². The minimum atomic E-state index is -0.669. The van der Waals surface area contributed by atoms with E-state index in [2.05, 4.69) is 5.32 Å². The molecule has 1 saturated heterocycles. The highest BCUT2D eigenvalue weighted by Crippen LogP contribution is 2.26. The minimum absolute atomic E-state index is 0.0135. The first-order valence-corrected chi connectivity index (χ1v) is 7.95. The van der Waals surface area contributed by atoms with Gasteiger partial charge in [-0.1, -0.05) is 38.5 Å². The van der Waals surface area contributed by atoms with E-state index < -0.39 is 5.60 Å². The van der Waals surface area contributed by atoms with Gasteiger partial charge in [0.1, 0.15) is 0 Å². The largest absolute Gasteiger partial charge is 0.388 e. The Kier molecular flexibility index (Phi) is 5.49. The van der Waals surface area contributed by atoms with E-state index in [0.29, 0.717) is 6.54 Å². The third kappa shape index (κ3) is 4.68. The van der Waals surface area contributed by atoms with Crippen molar-refractivity contribution >= 4 is 6.03 Å². The fourth-order valence-corrected chi connectivity index (χ4v) is 3.19. The van der Waals surface area contributed by atoms with Gasteiger partial charge in [-0.05, 0) is 25.7 Å². The van der Waals surface area contributed by atoms with Crippen LogP contribution in [-0.4, -0.2) is 41.3 Å². The third-order valence-corrected chi connectivity index (χ3v) is 4.50. The lowest BCUT2D eigenvalue weighted by Gasteiger charge is -2.29. The van der Waals surface area contributed by atoms with Gasteiger partial charge < -0.3 is 15.3 Å². The maximum absolute atomic E-state index is 12.1. The van der Waals surface area contributed by atoms with Gasteiger partial charge in [-0.3, -0.25) is 0 Å². The topological polar surface area (TPSA) is 52.6 Å². The highest BCUT2D eigenvalue weighted by Gasteiger charge is 2.29. The van der Waals surface area contributed by atoms with Crippen molar-refractivity contribution in [1.29, 1.82) is 0 Å². The van der Waals surface area contributed by atoms with E-state index in [1.165, 1.54) is 25.7 Å². The second-order valence-electron chi connectivity index (χ2n) is 6.20. The van der Waals surface area contributed by atoms with Gasteiger partial charge in [-0.25, -0.2) is 4.79 Å². The molecule has 2 amide bonds. The molecule has 4 heteroatoms. The Morgan fingerprint density at radius 3 is 2.05 bits per heavy atom. The Hall–Kier alpha value is -0.770. The molecule has 0 atom stereocenters. The third-order valence-electron chi connectivity index (χ3n) is 4.50. The summed E-state index contributed by atoms with van der Waals surface area (Å²) in [6.45, 7) is 2.15. The summed E-state index contributed by atoms with van der Waals surface area (Å²) in [6.07, 6.45) is 10.9. The zero-order valence-corrected chi connectivity index (χ0v) is 12.0. The summed E-state index contributed by atoms with van der Waals surface area (Å²) in [5.41, 5.74) is -0.669. The quantitative estimate of drug-likeness (QED) is 0.756. The van der Waals surface area contributed by atoms with Crippen LogP contribution >= 0.6 is 0 Å². The SMILES string of the molecule is O=C(NCC1(O)CCCCCC1)N1CCCCCC1. The summed E-state index contributed by atoms with van der Waals surface area (Å²) in [5.74, 6) is 0. The van der Waals surface area contributed by atoms with Gasteiger partial charge in [0, 0.05) is 19.6 Å². The summed E-state index contributed by atoms with van der Waals surface area (Å²) in [7, 11) is 0. The molecule has 2 fully saturated rings. The van der Waals surface area contributed by atoms with Gasteiger partial charge in [0.25, 0.3) is 0 Å². The van der Waals surface area contributed by atoms with E-state index in [1.54, 1.807) is 0 Å². The van der Waals surface area contributed by atoms with Crippen LogP contribution in [0.2, 0.25) is 0 Å². The molecule has 0 aromatic rings. The highest BCUT2D eigenvalue weighted by molar-refractivity contribution is 5.74. The molecular formula is C15H28N2O2. The number of aliphatic hydroxyl groups is 1. The molecule has 1 heterocycles. The number of rotatable bonds is 2. The second kappa shape index (κ2) is 7.13. The Bertz CT molecular complexity index is 278. The average Bonchev–Trinajstić information content (AvgIpc) is 2.79. The Morgan fingerprint density at radius 1 is 0.947 bits per heavy atom. The van der Waals surface area contributed by atoms with E-state index in [1.807, 2.05) is 4.90 Å². The summed E-state index contributed by atoms with van der Waals surface area (Å²) in [5, 5.41) is 13.5. The Labute approximate surface area is 116 Å². The molecule has 0 radical (unpaired) electrons. The molecular weight excluding hydrogens is 240 g/mol. The van der Waals surface area contributed by atoms with Crippen LogP contribution in [0, 0.1) is 0 Å². The second-order valence-corrected chi connectivity index (χ2v) is 6.20.